The predicted octanol–water partition coefficient (Wildman–Crippen LogP) is 2.35. The molecule has 1 aromatic carbocycles. The molecule has 1 N–H and O–H groups in total. The lowest BCUT2D eigenvalue weighted by molar-refractivity contribution is -0.142. The van der Waals surface area contributed by atoms with Crippen LogP contribution in [0.25, 0.3) is 0 Å². The Hall–Kier alpha value is -1.06. The molecule has 0 radical (unpaired) electrons. The highest BCUT2D eigenvalue weighted by Crippen LogP contribution is 2.45. The topological polar surface area (TPSA) is 32.3 Å². The van der Waals surface area contributed by atoms with Crippen LogP contribution in [-0.2, 0) is 10.2 Å². The fourth-order valence-electron chi connectivity index (χ4n) is 3.33. The average molecular weight is 295 g/mol. The first kappa shape index (κ1) is 15.3. The van der Waals surface area contributed by atoms with Crippen molar-refractivity contribution in [3.8, 4) is 0 Å². The van der Waals surface area contributed by atoms with Gasteiger partial charge in [0.1, 0.15) is 0 Å². The predicted molar refractivity (Wildman–Crippen MR) is 83.3 cm³/mol. The number of halogens is 1. The van der Waals surface area contributed by atoms with Crippen molar-refractivity contribution in [3.05, 3.63) is 35.9 Å². The van der Waals surface area contributed by atoms with E-state index in [9.17, 15) is 4.79 Å². The smallest absolute Gasteiger partial charge is 0.233 e. The molecule has 1 aromatic rings. The van der Waals surface area contributed by atoms with Gasteiger partial charge < -0.3 is 10.2 Å². The monoisotopic (exact) mass is 294 g/mol. The Morgan fingerprint density at radius 3 is 2.55 bits per heavy atom. The lowest BCUT2D eigenvalue weighted by atomic mass is 9.63. The maximum absolute atomic E-state index is 12.9. The number of carbonyl (C=O) groups excluding carboxylic acids is 1. The number of benzene rings is 1. The molecule has 1 heterocycles. The molecule has 3 nitrogen and oxygen atoms in total. The minimum absolute atomic E-state index is 0. The van der Waals surface area contributed by atoms with E-state index in [0.717, 1.165) is 32.5 Å². The molecule has 2 fully saturated rings. The molecular formula is C16H23ClN2O. The van der Waals surface area contributed by atoms with Gasteiger partial charge in [0, 0.05) is 25.7 Å². The summed E-state index contributed by atoms with van der Waals surface area (Å²) in [6.45, 7) is 4.75. The molecule has 20 heavy (non-hydrogen) atoms. The van der Waals surface area contributed by atoms with Crippen LogP contribution in [0.15, 0.2) is 30.3 Å². The molecule has 1 unspecified atom stereocenters. The average Bonchev–Trinajstić information content (AvgIpc) is 2.38. The van der Waals surface area contributed by atoms with Crippen LogP contribution >= 0.6 is 12.4 Å². The second-order valence-electron chi connectivity index (χ2n) is 5.91. The second-order valence-corrected chi connectivity index (χ2v) is 5.91. The lowest BCUT2D eigenvalue weighted by Gasteiger charge is -2.45. The van der Waals surface area contributed by atoms with E-state index in [2.05, 4.69) is 29.3 Å². The van der Waals surface area contributed by atoms with Crippen molar-refractivity contribution in [2.24, 2.45) is 0 Å². The molecule has 0 spiro atoms. The number of nitrogens with zero attached hydrogens (tertiary/aromatic N) is 1. The van der Waals surface area contributed by atoms with Crippen molar-refractivity contribution < 1.29 is 4.79 Å². The molecule has 1 aliphatic carbocycles. The van der Waals surface area contributed by atoms with Gasteiger partial charge in [0.05, 0.1) is 5.41 Å². The Morgan fingerprint density at radius 1 is 1.30 bits per heavy atom. The zero-order chi connectivity index (χ0) is 13.3. The highest BCUT2D eigenvalue weighted by atomic mass is 35.5. The lowest BCUT2D eigenvalue weighted by Crippen LogP contribution is -2.58. The zero-order valence-electron chi connectivity index (χ0n) is 12.0. The number of nitrogens with one attached hydrogen (secondary N) is 1. The van der Waals surface area contributed by atoms with Crippen LogP contribution in [0.2, 0.25) is 0 Å². The van der Waals surface area contributed by atoms with E-state index in [1.165, 1.54) is 12.0 Å². The Bertz CT molecular complexity index is 459. The number of carbonyl (C=O) groups is 1. The number of rotatable bonds is 2. The maximum atomic E-state index is 12.9. The molecule has 110 valence electrons. The highest BCUT2D eigenvalue weighted by molar-refractivity contribution is 5.89. The molecule has 1 saturated carbocycles. The molecular weight excluding hydrogens is 272 g/mol. The SMILES string of the molecule is CC1CN(C(=O)C2(c3ccccc3)CCC2)CCN1.Cl. The summed E-state index contributed by atoms with van der Waals surface area (Å²) in [6.07, 6.45) is 3.19. The van der Waals surface area contributed by atoms with E-state index in [1.54, 1.807) is 0 Å². The number of piperazine rings is 1. The van der Waals surface area contributed by atoms with E-state index in [0.29, 0.717) is 11.9 Å². The van der Waals surface area contributed by atoms with Gasteiger partial charge in [-0.25, -0.2) is 0 Å². The molecule has 0 aromatic heterocycles. The zero-order valence-corrected chi connectivity index (χ0v) is 12.8. The van der Waals surface area contributed by atoms with Crippen molar-refractivity contribution in [1.29, 1.82) is 0 Å². The number of hydrogen-bond donors (Lipinski definition) is 1. The third-order valence-corrected chi connectivity index (χ3v) is 4.60. The Kier molecular flexibility index (Phi) is 4.71. The summed E-state index contributed by atoms with van der Waals surface area (Å²) >= 11 is 0. The first-order chi connectivity index (χ1) is 9.22. The van der Waals surface area contributed by atoms with Gasteiger partial charge >= 0.3 is 0 Å². The van der Waals surface area contributed by atoms with Gasteiger partial charge in [-0.15, -0.1) is 12.4 Å². The maximum Gasteiger partial charge on any atom is 0.233 e. The van der Waals surface area contributed by atoms with Gasteiger partial charge in [-0.05, 0) is 25.3 Å². The molecule has 3 rings (SSSR count). The van der Waals surface area contributed by atoms with E-state index >= 15 is 0 Å². The first-order valence-electron chi connectivity index (χ1n) is 7.31. The summed E-state index contributed by atoms with van der Waals surface area (Å²) in [7, 11) is 0. The minimum atomic E-state index is -0.224. The van der Waals surface area contributed by atoms with E-state index in [-0.39, 0.29) is 17.8 Å². The van der Waals surface area contributed by atoms with Crippen LogP contribution in [0.3, 0.4) is 0 Å². The van der Waals surface area contributed by atoms with Crippen LogP contribution in [0.1, 0.15) is 31.7 Å². The van der Waals surface area contributed by atoms with Gasteiger partial charge in [0.15, 0.2) is 0 Å². The van der Waals surface area contributed by atoms with E-state index < -0.39 is 0 Å². The van der Waals surface area contributed by atoms with Gasteiger partial charge in [-0.3, -0.25) is 4.79 Å². The van der Waals surface area contributed by atoms with Crippen LogP contribution in [0.5, 0.6) is 0 Å². The number of amides is 1. The van der Waals surface area contributed by atoms with Crippen molar-refractivity contribution in [1.82, 2.24) is 10.2 Å². The molecule has 1 saturated heterocycles. The molecule has 1 amide bonds. The van der Waals surface area contributed by atoms with Crippen molar-refractivity contribution in [2.75, 3.05) is 19.6 Å². The summed E-state index contributed by atoms with van der Waals surface area (Å²) in [5.41, 5.74) is 0.982. The van der Waals surface area contributed by atoms with E-state index in [1.807, 2.05) is 18.2 Å². The largest absolute Gasteiger partial charge is 0.339 e. The second kappa shape index (κ2) is 6.15. The van der Waals surface area contributed by atoms with Crippen LogP contribution < -0.4 is 5.32 Å². The van der Waals surface area contributed by atoms with Crippen LogP contribution in [0, 0.1) is 0 Å². The van der Waals surface area contributed by atoms with Crippen LogP contribution in [0.4, 0.5) is 0 Å². The van der Waals surface area contributed by atoms with Crippen LogP contribution in [-0.4, -0.2) is 36.5 Å². The van der Waals surface area contributed by atoms with Gasteiger partial charge in [0.25, 0.3) is 0 Å². The van der Waals surface area contributed by atoms with E-state index in [4.69, 9.17) is 0 Å². The van der Waals surface area contributed by atoms with Crippen molar-refractivity contribution in [2.45, 2.75) is 37.6 Å². The molecule has 1 atom stereocenters. The quantitative estimate of drug-likeness (QED) is 0.908. The molecule has 4 heteroatoms. The Labute approximate surface area is 127 Å². The third-order valence-electron chi connectivity index (χ3n) is 4.60. The van der Waals surface area contributed by atoms with Crippen molar-refractivity contribution >= 4 is 18.3 Å². The summed E-state index contributed by atoms with van der Waals surface area (Å²) in [5, 5.41) is 3.40. The third kappa shape index (κ3) is 2.57. The first-order valence-corrected chi connectivity index (χ1v) is 7.31. The fourth-order valence-corrected chi connectivity index (χ4v) is 3.33. The molecule has 2 aliphatic rings. The standard InChI is InChI=1S/C16H22N2O.ClH/c1-13-12-18(11-10-17-13)15(19)16(8-5-9-16)14-6-3-2-4-7-14;/h2-4,6-7,13,17H,5,8-12H2,1H3;1H. The van der Waals surface area contributed by atoms with Crippen molar-refractivity contribution in [3.63, 3.8) is 0 Å². The summed E-state index contributed by atoms with van der Waals surface area (Å²) in [6, 6.07) is 10.7. The minimum Gasteiger partial charge on any atom is -0.339 e. The summed E-state index contributed by atoms with van der Waals surface area (Å²) in [5.74, 6) is 0.346. The fraction of sp³-hybridized carbons (Fsp3) is 0.562. The molecule has 1 aliphatic heterocycles. The summed E-state index contributed by atoms with van der Waals surface area (Å²) in [4.78, 5) is 15.0. The van der Waals surface area contributed by atoms with Gasteiger partial charge in [0.2, 0.25) is 5.91 Å². The van der Waals surface area contributed by atoms with Gasteiger partial charge in [-0.2, -0.15) is 0 Å². The normalized spacial score (nSPS) is 24.4. The Balaban J connectivity index is 0.00000147. The number of hydrogen-bond acceptors (Lipinski definition) is 2. The Morgan fingerprint density at radius 2 is 2.00 bits per heavy atom. The summed E-state index contributed by atoms with van der Waals surface area (Å²) < 4.78 is 0. The van der Waals surface area contributed by atoms with Gasteiger partial charge in [-0.1, -0.05) is 36.8 Å². The highest BCUT2D eigenvalue weighted by Gasteiger charge is 2.47. The molecule has 0 bridgehead atoms.